The first-order valence-electron chi connectivity index (χ1n) is 15.8. The highest BCUT2D eigenvalue weighted by atomic mass is 16.6. The molecule has 6 nitrogen and oxygen atoms in total. The van der Waals surface area contributed by atoms with Gasteiger partial charge in [-0.25, -0.2) is 0 Å². The van der Waals surface area contributed by atoms with Gasteiger partial charge in [-0.15, -0.1) is 0 Å². The first kappa shape index (κ1) is 40.1. The number of ether oxygens (including phenoxy) is 3. The lowest BCUT2D eigenvalue weighted by Crippen LogP contribution is -2.31. The van der Waals surface area contributed by atoms with E-state index in [9.17, 15) is 14.4 Å². The van der Waals surface area contributed by atoms with Crippen LogP contribution in [-0.4, -0.2) is 30.1 Å². The minimum absolute atomic E-state index is 0.0682. The summed E-state index contributed by atoms with van der Waals surface area (Å²) in [7, 11) is 0. The zero-order valence-electron chi connectivity index (χ0n) is 30.1. The zero-order chi connectivity index (χ0) is 35.2. The molecule has 3 aromatic carbocycles. The maximum atomic E-state index is 12.0. The number of carbonyl (C=O) groups is 3. The van der Waals surface area contributed by atoms with Crippen molar-refractivity contribution in [1.82, 2.24) is 0 Å². The SMILES string of the molecule is CC(C)(C)C(=O)OCC(c1ccccc1)c1ccccc1.CC(C)(C)C(=O)OCc1ccccc1.CC(C)(C)OC(=O)C(C)(C)C. The highest BCUT2D eigenvalue weighted by Gasteiger charge is 2.28. The largest absolute Gasteiger partial charge is 0.464 e. The van der Waals surface area contributed by atoms with Gasteiger partial charge in [0.25, 0.3) is 0 Å². The van der Waals surface area contributed by atoms with Gasteiger partial charge in [-0.05, 0) is 99.8 Å². The van der Waals surface area contributed by atoms with Crippen molar-refractivity contribution in [3.63, 3.8) is 0 Å². The van der Waals surface area contributed by atoms with Crippen molar-refractivity contribution in [2.24, 2.45) is 16.2 Å². The molecule has 3 aromatic rings. The summed E-state index contributed by atoms with van der Waals surface area (Å²) in [5.74, 6) is -0.413. The van der Waals surface area contributed by atoms with Crippen LogP contribution in [0.1, 0.15) is 106 Å². The summed E-state index contributed by atoms with van der Waals surface area (Å²) in [6.07, 6.45) is 0. The number of hydrogen-bond acceptors (Lipinski definition) is 6. The van der Waals surface area contributed by atoms with Crippen molar-refractivity contribution in [2.45, 2.75) is 101 Å². The molecule has 0 bridgehead atoms. The zero-order valence-corrected chi connectivity index (χ0v) is 30.1. The summed E-state index contributed by atoms with van der Waals surface area (Å²) in [6.45, 7) is 23.0. The molecule has 0 saturated carbocycles. The Hall–Kier alpha value is -3.93. The van der Waals surface area contributed by atoms with Gasteiger partial charge in [-0.2, -0.15) is 0 Å². The standard InChI is InChI=1S/C19H22O2.C12H16O2.C9H18O2/c1-19(2,3)18(20)21-14-17(15-10-6-4-7-11-15)16-12-8-5-9-13-16;1-12(2,3)11(13)14-9-10-7-5-4-6-8-10;1-8(2,3)7(10)11-9(4,5)6/h4-13,17H,14H2,1-3H3;4-8H,9H2,1-3H3;1-6H3. The second kappa shape index (κ2) is 17.7. The van der Waals surface area contributed by atoms with Gasteiger partial charge >= 0.3 is 17.9 Å². The van der Waals surface area contributed by atoms with Crippen molar-refractivity contribution in [3.05, 3.63) is 108 Å². The van der Waals surface area contributed by atoms with Gasteiger partial charge in [-0.1, -0.05) is 91.0 Å². The minimum atomic E-state index is -0.474. The second-order valence-corrected chi connectivity index (χ2v) is 15.3. The lowest BCUT2D eigenvalue weighted by Gasteiger charge is -2.25. The average molecular weight is 633 g/mol. The summed E-state index contributed by atoms with van der Waals surface area (Å²) in [5.41, 5.74) is 1.67. The van der Waals surface area contributed by atoms with Crippen LogP contribution < -0.4 is 0 Å². The third kappa shape index (κ3) is 16.4. The van der Waals surface area contributed by atoms with Crippen molar-refractivity contribution < 1.29 is 28.6 Å². The molecular formula is C40H56O6. The fourth-order valence-corrected chi connectivity index (χ4v) is 3.50. The monoisotopic (exact) mass is 632 g/mol. The van der Waals surface area contributed by atoms with Crippen LogP contribution in [0.2, 0.25) is 0 Å². The maximum absolute atomic E-state index is 12.0. The van der Waals surface area contributed by atoms with Crippen LogP contribution in [0.25, 0.3) is 0 Å². The first-order valence-corrected chi connectivity index (χ1v) is 15.8. The Labute approximate surface area is 277 Å². The molecule has 46 heavy (non-hydrogen) atoms. The van der Waals surface area contributed by atoms with Gasteiger partial charge in [0.15, 0.2) is 0 Å². The average Bonchev–Trinajstić information content (AvgIpc) is 2.96. The van der Waals surface area contributed by atoms with Gasteiger partial charge in [0, 0.05) is 5.92 Å². The number of rotatable bonds is 6. The summed E-state index contributed by atoms with van der Waals surface area (Å²) in [6, 6.07) is 30.0. The molecule has 0 aliphatic rings. The van der Waals surface area contributed by atoms with Crippen LogP contribution in [0.3, 0.4) is 0 Å². The molecule has 0 spiro atoms. The predicted molar refractivity (Wildman–Crippen MR) is 186 cm³/mol. The summed E-state index contributed by atoms with van der Waals surface area (Å²) in [4.78, 5) is 34.7. The van der Waals surface area contributed by atoms with Gasteiger partial charge in [0.2, 0.25) is 0 Å². The van der Waals surface area contributed by atoms with E-state index in [-0.39, 0.29) is 29.4 Å². The van der Waals surface area contributed by atoms with Crippen LogP contribution >= 0.6 is 0 Å². The molecule has 6 heteroatoms. The smallest absolute Gasteiger partial charge is 0.311 e. The van der Waals surface area contributed by atoms with E-state index in [1.54, 1.807) is 0 Å². The fourth-order valence-electron chi connectivity index (χ4n) is 3.50. The summed E-state index contributed by atoms with van der Waals surface area (Å²) < 4.78 is 15.9. The van der Waals surface area contributed by atoms with E-state index < -0.39 is 16.2 Å². The van der Waals surface area contributed by atoms with E-state index in [0.29, 0.717) is 13.2 Å². The third-order valence-corrected chi connectivity index (χ3v) is 6.23. The van der Waals surface area contributed by atoms with Gasteiger partial charge in [0.1, 0.15) is 18.8 Å². The van der Waals surface area contributed by atoms with Crippen LogP contribution in [0.5, 0.6) is 0 Å². The lowest BCUT2D eigenvalue weighted by atomic mass is 9.92. The van der Waals surface area contributed by atoms with E-state index in [4.69, 9.17) is 14.2 Å². The van der Waals surface area contributed by atoms with Crippen molar-refractivity contribution in [1.29, 1.82) is 0 Å². The van der Waals surface area contributed by atoms with Gasteiger partial charge < -0.3 is 14.2 Å². The van der Waals surface area contributed by atoms with Crippen molar-refractivity contribution in [2.75, 3.05) is 6.61 Å². The van der Waals surface area contributed by atoms with Crippen LogP contribution in [0, 0.1) is 16.2 Å². The molecule has 0 N–H and O–H groups in total. The lowest BCUT2D eigenvalue weighted by molar-refractivity contribution is -0.164. The molecule has 0 unspecified atom stereocenters. The van der Waals surface area contributed by atoms with E-state index in [1.165, 1.54) is 0 Å². The first-order chi connectivity index (χ1) is 21.1. The van der Waals surface area contributed by atoms with Gasteiger partial charge in [0.05, 0.1) is 16.2 Å². The Morgan fingerprint density at radius 3 is 1.17 bits per heavy atom. The molecule has 0 radical (unpaired) electrons. The Morgan fingerprint density at radius 1 is 0.500 bits per heavy atom. The summed E-state index contributed by atoms with van der Waals surface area (Å²) >= 11 is 0. The van der Waals surface area contributed by atoms with Crippen LogP contribution in [0.4, 0.5) is 0 Å². The van der Waals surface area contributed by atoms with Crippen LogP contribution in [-0.2, 0) is 35.2 Å². The molecule has 0 amide bonds. The number of hydrogen-bond donors (Lipinski definition) is 0. The molecular weight excluding hydrogens is 576 g/mol. The Bertz CT molecular complexity index is 1280. The Morgan fingerprint density at radius 2 is 0.848 bits per heavy atom. The van der Waals surface area contributed by atoms with E-state index >= 15 is 0 Å². The van der Waals surface area contributed by atoms with Crippen LogP contribution in [0.15, 0.2) is 91.0 Å². The minimum Gasteiger partial charge on any atom is -0.464 e. The second-order valence-electron chi connectivity index (χ2n) is 15.3. The number of esters is 3. The highest BCUT2D eigenvalue weighted by Crippen LogP contribution is 2.26. The van der Waals surface area contributed by atoms with Crippen molar-refractivity contribution in [3.8, 4) is 0 Å². The normalized spacial score (nSPS) is 11.7. The van der Waals surface area contributed by atoms with Gasteiger partial charge in [-0.3, -0.25) is 14.4 Å². The molecule has 3 rings (SSSR count). The molecule has 0 aliphatic heterocycles. The molecule has 0 fully saturated rings. The topological polar surface area (TPSA) is 78.9 Å². The fraction of sp³-hybridized carbons (Fsp3) is 0.475. The van der Waals surface area contributed by atoms with E-state index in [0.717, 1.165) is 16.7 Å². The Kier molecular flexibility index (Phi) is 15.4. The Balaban J connectivity index is 0.000000369. The number of benzene rings is 3. The van der Waals surface area contributed by atoms with E-state index in [1.807, 2.05) is 150 Å². The third-order valence-electron chi connectivity index (χ3n) is 6.23. The quantitative estimate of drug-likeness (QED) is 0.199. The number of carbonyl (C=O) groups excluding carboxylic acids is 3. The predicted octanol–water partition coefficient (Wildman–Crippen LogP) is 9.56. The van der Waals surface area contributed by atoms with E-state index in [2.05, 4.69) is 24.3 Å². The molecule has 0 aliphatic carbocycles. The molecule has 0 heterocycles. The summed E-state index contributed by atoms with van der Waals surface area (Å²) in [5, 5.41) is 0. The molecule has 0 aromatic heterocycles. The maximum Gasteiger partial charge on any atom is 0.311 e. The molecule has 0 saturated heterocycles. The van der Waals surface area contributed by atoms with Crippen molar-refractivity contribution >= 4 is 17.9 Å². The highest BCUT2D eigenvalue weighted by molar-refractivity contribution is 5.76. The molecule has 0 atom stereocenters. The molecule has 252 valence electrons.